The third-order valence-corrected chi connectivity index (χ3v) is 8.73. The summed E-state index contributed by atoms with van der Waals surface area (Å²) < 4.78 is 11.4. The summed E-state index contributed by atoms with van der Waals surface area (Å²) in [6, 6.07) is 8.54. The lowest BCUT2D eigenvalue weighted by Gasteiger charge is -2.39. The van der Waals surface area contributed by atoms with Crippen LogP contribution in [0.2, 0.25) is 0 Å². The average Bonchev–Trinajstić information content (AvgIpc) is 3.25. The van der Waals surface area contributed by atoms with Crippen molar-refractivity contribution in [2.45, 2.75) is 123 Å². The third kappa shape index (κ3) is 10.8. The maximum atomic E-state index is 14.4. The standard InChI is InChI=1S/C38H56N4O6/c1-9-11-18-27(3)23-29-30(38(40-32(29)43)21-16-13-17-22-38)24-42(10-2)33(44)31(26-47-25-28-19-14-12-15-20-28)39-34(45)37(7,8)41-35(46)48-36(4,5)6/h9,11-12,14-15,18-20,31H,10,13,16-17,21-26H2,1-8H3,(H,39,45)(H,40,43)(H,41,46)/b11-9-,27-18+/t31-/m1/s1. The first kappa shape index (κ1) is 38.5. The number of rotatable bonds is 14. The Hall–Kier alpha value is -3.92. The molecule has 1 atom stereocenters. The third-order valence-electron chi connectivity index (χ3n) is 8.73. The number of alkyl carbamates (subject to hydrolysis) is 1. The zero-order valence-electron chi connectivity index (χ0n) is 30.2. The van der Waals surface area contributed by atoms with Gasteiger partial charge in [0, 0.05) is 18.7 Å². The van der Waals surface area contributed by atoms with Gasteiger partial charge in [-0.15, -0.1) is 0 Å². The van der Waals surface area contributed by atoms with Crippen LogP contribution in [0.1, 0.15) is 99.5 Å². The summed E-state index contributed by atoms with van der Waals surface area (Å²) in [7, 11) is 0. The van der Waals surface area contributed by atoms with E-state index in [0.717, 1.165) is 48.8 Å². The van der Waals surface area contributed by atoms with Gasteiger partial charge in [-0.25, -0.2) is 4.79 Å². The maximum absolute atomic E-state index is 14.4. The van der Waals surface area contributed by atoms with Crippen molar-refractivity contribution in [3.63, 3.8) is 0 Å². The van der Waals surface area contributed by atoms with Gasteiger partial charge in [-0.2, -0.15) is 0 Å². The molecule has 1 heterocycles. The number of ether oxygens (including phenoxy) is 2. The lowest BCUT2D eigenvalue weighted by Crippen LogP contribution is -2.61. The highest BCUT2D eigenvalue weighted by Gasteiger charge is 2.46. The number of nitrogens with one attached hydrogen (secondary N) is 3. The Labute approximate surface area is 286 Å². The lowest BCUT2D eigenvalue weighted by atomic mass is 9.76. The number of hydrogen-bond donors (Lipinski definition) is 3. The number of carbonyl (C=O) groups is 4. The van der Waals surface area contributed by atoms with Crippen LogP contribution in [0.25, 0.3) is 0 Å². The number of carbonyl (C=O) groups excluding carboxylic acids is 4. The first-order chi connectivity index (χ1) is 22.6. The van der Waals surface area contributed by atoms with Crippen LogP contribution in [0.3, 0.4) is 0 Å². The van der Waals surface area contributed by atoms with Gasteiger partial charge >= 0.3 is 6.09 Å². The first-order valence-corrected chi connectivity index (χ1v) is 17.2. The van der Waals surface area contributed by atoms with Crippen LogP contribution in [0.15, 0.2) is 65.3 Å². The molecule has 0 radical (unpaired) electrons. The van der Waals surface area contributed by atoms with Crippen LogP contribution in [0.4, 0.5) is 4.79 Å². The maximum Gasteiger partial charge on any atom is 0.408 e. The minimum atomic E-state index is -1.39. The smallest absolute Gasteiger partial charge is 0.408 e. The molecule has 10 nitrogen and oxygen atoms in total. The number of nitrogens with zero attached hydrogens (tertiary/aromatic N) is 1. The van der Waals surface area contributed by atoms with Crippen LogP contribution in [-0.4, -0.2) is 71.1 Å². The molecule has 3 N–H and O–H groups in total. The monoisotopic (exact) mass is 664 g/mol. The predicted molar refractivity (Wildman–Crippen MR) is 188 cm³/mol. The van der Waals surface area contributed by atoms with Crippen molar-refractivity contribution in [3.8, 4) is 0 Å². The van der Waals surface area contributed by atoms with Crippen molar-refractivity contribution in [2.75, 3.05) is 19.7 Å². The SMILES string of the molecule is C/C=C\C=C(/C)CC1=C(CN(CC)C(=O)[C@@H](COCc2ccccc2)NC(=O)C(C)(C)NC(=O)OC(C)(C)C)C2(CCCCC2)NC1=O. The second-order valence-corrected chi connectivity index (χ2v) is 14.4. The molecule has 48 heavy (non-hydrogen) atoms. The molecule has 1 fully saturated rings. The number of allylic oxidation sites excluding steroid dienone is 4. The molecule has 264 valence electrons. The van der Waals surface area contributed by atoms with Crippen LogP contribution in [0.5, 0.6) is 0 Å². The van der Waals surface area contributed by atoms with E-state index in [2.05, 4.69) is 16.0 Å². The van der Waals surface area contributed by atoms with E-state index in [9.17, 15) is 19.2 Å². The predicted octanol–water partition coefficient (Wildman–Crippen LogP) is 5.88. The van der Waals surface area contributed by atoms with Crippen molar-refractivity contribution in [2.24, 2.45) is 0 Å². The van der Waals surface area contributed by atoms with E-state index in [1.807, 2.05) is 69.3 Å². The number of benzene rings is 1. The zero-order chi connectivity index (χ0) is 35.5. The Balaban J connectivity index is 1.91. The Morgan fingerprint density at radius 3 is 2.33 bits per heavy atom. The van der Waals surface area contributed by atoms with E-state index in [4.69, 9.17) is 9.47 Å². The van der Waals surface area contributed by atoms with Crippen molar-refractivity contribution < 1.29 is 28.7 Å². The van der Waals surface area contributed by atoms with Crippen molar-refractivity contribution >= 4 is 23.8 Å². The molecule has 4 amide bonds. The quantitative estimate of drug-likeness (QED) is 0.213. The molecule has 10 heteroatoms. The van der Waals surface area contributed by atoms with E-state index in [-0.39, 0.29) is 31.6 Å². The molecule has 0 bridgehead atoms. The Bertz CT molecular complexity index is 1380. The molecular weight excluding hydrogens is 608 g/mol. The van der Waals surface area contributed by atoms with Gasteiger partial charge in [0.05, 0.1) is 18.8 Å². The van der Waals surface area contributed by atoms with Crippen molar-refractivity contribution in [1.29, 1.82) is 0 Å². The molecule has 0 unspecified atom stereocenters. The fraction of sp³-hybridized carbons (Fsp3) is 0.579. The number of likely N-dealkylation sites (N-methyl/N-ethyl adjacent to an activating group) is 1. The second-order valence-electron chi connectivity index (χ2n) is 14.4. The highest BCUT2D eigenvalue weighted by molar-refractivity contribution is 5.99. The zero-order valence-corrected chi connectivity index (χ0v) is 30.2. The van der Waals surface area contributed by atoms with Gasteiger partial charge in [-0.1, -0.05) is 73.4 Å². The fourth-order valence-electron chi connectivity index (χ4n) is 6.16. The van der Waals surface area contributed by atoms with Gasteiger partial charge in [-0.3, -0.25) is 14.4 Å². The molecule has 2 aliphatic rings. The van der Waals surface area contributed by atoms with Gasteiger partial charge < -0.3 is 30.3 Å². The highest BCUT2D eigenvalue weighted by atomic mass is 16.6. The van der Waals surface area contributed by atoms with E-state index in [1.165, 1.54) is 0 Å². The molecule has 1 aromatic rings. The number of hydrogen-bond acceptors (Lipinski definition) is 6. The summed E-state index contributed by atoms with van der Waals surface area (Å²) in [5, 5.41) is 8.80. The van der Waals surface area contributed by atoms with Crippen LogP contribution in [0, 0.1) is 0 Å². The minimum Gasteiger partial charge on any atom is -0.444 e. The summed E-state index contributed by atoms with van der Waals surface area (Å²) in [6.45, 7) is 15.0. The normalized spacial score (nSPS) is 17.3. The van der Waals surface area contributed by atoms with Crippen molar-refractivity contribution in [1.82, 2.24) is 20.9 Å². The molecular formula is C38H56N4O6. The largest absolute Gasteiger partial charge is 0.444 e. The fourth-order valence-corrected chi connectivity index (χ4v) is 6.16. The van der Waals surface area contributed by atoms with Crippen molar-refractivity contribution in [3.05, 3.63) is 70.8 Å². The molecule has 1 aliphatic heterocycles. The average molecular weight is 665 g/mol. The molecule has 1 aromatic carbocycles. The molecule has 0 saturated heterocycles. The van der Waals surface area contributed by atoms with E-state index in [0.29, 0.717) is 18.5 Å². The van der Waals surface area contributed by atoms with Crippen LogP contribution < -0.4 is 16.0 Å². The summed E-state index contributed by atoms with van der Waals surface area (Å²) in [5.41, 5.74) is 1.03. The Kier molecular flexibility index (Phi) is 13.6. The minimum absolute atomic E-state index is 0.0744. The Morgan fingerprint density at radius 1 is 1.06 bits per heavy atom. The highest BCUT2D eigenvalue weighted by Crippen LogP contribution is 2.41. The summed E-state index contributed by atoms with van der Waals surface area (Å²) >= 11 is 0. The van der Waals surface area contributed by atoms with E-state index < -0.39 is 34.7 Å². The second kappa shape index (κ2) is 17.0. The van der Waals surface area contributed by atoms with Gasteiger partial charge in [0.25, 0.3) is 0 Å². The van der Waals surface area contributed by atoms with Crippen LogP contribution in [-0.2, 0) is 30.5 Å². The summed E-state index contributed by atoms with van der Waals surface area (Å²) in [4.78, 5) is 55.8. The summed E-state index contributed by atoms with van der Waals surface area (Å²) in [5.74, 6) is -0.961. The topological polar surface area (TPSA) is 126 Å². The molecule has 1 aliphatic carbocycles. The van der Waals surface area contributed by atoms with Gasteiger partial charge in [0.1, 0.15) is 17.2 Å². The molecule has 3 rings (SSSR count). The van der Waals surface area contributed by atoms with E-state index >= 15 is 0 Å². The van der Waals surface area contributed by atoms with E-state index in [1.54, 1.807) is 39.5 Å². The first-order valence-electron chi connectivity index (χ1n) is 17.2. The molecule has 1 spiro atoms. The number of amides is 4. The Morgan fingerprint density at radius 2 is 1.73 bits per heavy atom. The molecule has 0 aromatic heterocycles. The molecule has 1 saturated carbocycles. The van der Waals surface area contributed by atoms with Gasteiger partial charge in [0.15, 0.2) is 0 Å². The summed E-state index contributed by atoms with van der Waals surface area (Å²) in [6.07, 6.45) is 10.4. The van der Waals surface area contributed by atoms with Gasteiger partial charge in [0.2, 0.25) is 17.7 Å². The van der Waals surface area contributed by atoms with Gasteiger partial charge in [-0.05, 0) is 85.8 Å². The van der Waals surface area contributed by atoms with Crippen LogP contribution >= 0.6 is 0 Å². The lowest BCUT2D eigenvalue weighted by molar-refractivity contribution is -0.139.